The number of nitrogens with zero attached hydrogens (tertiary/aromatic N) is 1. The van der Waals surface area contributed by atoms with E-state index in [9.17, 15) is 4.79 Å². The number of carbonyl (C=O) groups excluding carboxylic acids is 1. The maximum Gasteiger partial charge on any atom is 0.254 e. The molecule has 8 heteroatoms. The Morgan fingerprint density at radius 1 is 0.720 bits per heavy atom. The van der Waals surface area contributed by atoms with Gasteiger partial charge in [-0.3, -0.25) is 4.79 Å². The molecule has 1 aliphatic rings. The molecule has 1 aromatic carbocycles. The Kier molecular flexibility index (Phi) is 8.47. The minimum atomic E-state index is -0.150. The van der Waals surface area contributed by atoms with Crippen LogP contribution < -0.4 is 11.5 Å². The fourth-order valence-electron chi connectivity index (χ4n) is 2.41. The third-order valence-corrected chi connectivity index (χ3v) is 3.64. The van der Waals surface area contributed by atoms with Gasteiger partial charge < -0.3 is 35.3 Å². The summed E-state index contributed by atoms with van der Waals surface area (Å²) in [5, 5.41) is 0. The highest BCUT2D eigenvalue weighted by Gasteiger charge is 2.16. The van der Waals surface area contributed by atoms with E-state index in [1.54, 1.807) is 23.1 Å². The quantitative estimate of drug-likeness (QED) is 0.702. The van der Waals surface area contributed by atoms with Crippen LogP contribution in [0.25, 0.3) is 0 Å². The number of nitrogens with two attached hydrogens (primary N) is 2. The van der Waals surface area contributed by atoms with Crippen LogP contribution >= 0.6 is 0 Å². The first kappa shape index (κ1) is 19.5. The molecular formula is C17H27N3O5. The van der Waals surface area contributed by atoms with Gasteiger partial charge in [-0.15, -0.1) is 0 Å². The highest BCUT2D eigenvalue weighted by Crippen LogP contribution is 2.15. The molecule has 25 heavy (non-hydrogen) atoms. The lowest BCUT2D eigenvalue weighted by Gasteiger charge is -2.23. The van der Waals surface area contributed by atoms with Gasteiger partial charge in [-0.05, 0) is 18.2 Å². The van der Waals surface area contributed by atoms with Gasteiger partial charge in [0.15, 0.2) is 0 Å². The van der Waals surface area contributed by atoms with E-state index in [-0.39, 0.29) is 5.91 Å². The predicted molar refractivity (Wildman–Crippen MR) is 94.4 cm³/mol. The van der Waals surface area contributed by atoms with E-state index >= 15 is 0 Å². The van der Waals surface area contributed by atoms with Crippen LogP contribution in [0.15, 0.2) is 18.2 Å². The van der Waals surface area contributed by atoms with Crippen molar-refractivity contribution in [2.45, 2.75) is 0 Å². The molecular weight excluding hydrogens is 326 g/mol. The monoisotopic (exact) mass is 353 g/mol. The first-order valence-electron chi connectivity index (χ1n) is 8.43. The molecule has 140 valence electrons. The second-order valence-electron chi connectivity index (χ2n) is 5.63. The van der Waals surface area contributed by atoms with E-state index in [0.29, 0.717) is 82.9 Å². The maximum absolute atomic E-state index is 12.8. The molecule has 0 spiro atoms. The number of carbonyl (C=O) groups is 1. The summed E-state index contributed by atoms with van der Waals surface area (Å²) in [6.45, 7) is 4.76. The standard InChI is InChI=1S/C17H27N3O5/c18-15-11-14(12-16(19)13-15)17(21)20-1-3-22-5-7-24-9-10-25-8-6-23-4-2-20/h11-13H,1-10,18-19H2. The van der Waals surface area contributed by atoms with Crippen molar-refractivity contribution >= 4 is 17.3 Å². The molecule has 0 saturated carbocycles. The van der Waals surface area contributed by atoms with E-state index in [0.717, 1.165) is 0 Å². The van der Waals surface area contributed by atoms with Crippen molar-refractivity contribution in [1.82, 2.24) is 4.90 Å². The fourth-order valence-corrected chi connectivity index (χ4v) is 2.41. The molecule has 0 aromatic heterocycles. The number of ether oxygens (including phenoxy) is 4. The van der Waals surface area contributed by atoms with Crippen molar-refractivity contribution in [3.63, 3.8) is 0 Å². The molecule has 0 bridgehead atoms. The zero-order valence-electron chi connectivity index (χ0n) is 14.4. The molecule has 1 fully saturated rings. The van der Waals surface area contributed by atoms with Crippen LogP contribution in [-0.2, 0) is 18.9 Å². The molecule has 4 N–H and O–H groups in total. The van der Waals surface area contributed by atoms with Crippen LogP contribution in [0.2, 0.25) is 0 Å². The largest absolute Gasteiger partial charge is 0.399 e. The summed E-state index contributed by atoms with van der Waals surface area (Å²) in [5.74, 6) is -0.150. The molecule has 8 nitrogen and oxygen atoms in total. The van der Waals surface area contributed by atoms with Crippen molar-refractivity contribution in [2.24, 2.45) is 0 Å². The summed E-state index contributed by atoms with van der Waals surface area (Å²) in [4.78, 5) is 14.4. The van der Waals surface area contributed by atoms with E-state index in [1.807, 2.05) is 0 Å². The summed E-state index contributed by atoms with van der Waals surface area (Å²) in [6, 6.07) is 4.87. The summed E-state index contributed by atoms with van der Waals surface area (Å²) in [6.07, 6.45) is 0. The van der Waals surface area contributed by atoms with Gasteiger partial charge in [0, 0.05) is 30.0 Å². The van der Waals surface area contributed by atoms with E-state index in [2.05, 4.69) is 0 Å². The number of nitrogen functional groups attached to an aromatic ring is 2. The average molecular weight is 353 g/mol. The zero-order chi connectivity index (χ0) is 17.9. The Morgan fingerprint density at radius 2 is 1.12 bits per heavy atom. The summed E-state index contributed by atoms with van der Waals surface area (Å²) in [5.41, 5.74) is 13.0. The lowest BCUT2D eigenvalue weighted by atomic mass is 10.1. The molecule has 0 atom stereocenters. The van der Waals surface area contributed by atoms with Crippen LogP contribution in [0.4, 0.5) is 11.4 Å². The highest BCUT2D eigenvalue weighted by molar-refractivity contribution is 5.96. The fraction of sp³-hybridized carbons (Fsp3) is 0.588. The third kappa shape index (κ3) is 7.27. The number of hydrogen-bond donors (Lipinski definition) is 2. The van der Waals surface area contributed by atoms with Gasteiger partial charge in [-0.1, -0.05) is 0 Å². The van der Waals surface area contributed by atoms with Crippen LogP contribution in [0.5, 0.6) is 0 Å². The molecule has 1 aromatic rings. The Balaban J connectivity index is 1.96. The minimum Gasteiger partial charge on any atom is -0.399 e. The number of benzene rings is 1. The molecule has 1 saturated heterocycles. The SMILES string of the molecule is Nc1cc(N)cc(C(=O)N2CCOCCOCCOCCOCC2)c1. The van der Waals surface area contributed by atoms with Crippen molar-refractivity contribution in [3.8, 4) is 0 Å². The van der Waals surface area contributed by atoms with Gasteiger partial charge in [0.05, 0.1) is 52.9 Å². The van der Waals surface area contributed by atoms with E-state index < -0.39 is 0 Å². The maximum atomic E-state index is 12.8. The molecule has 0 radical (unpaired) electrons. The van der Waals surface area contributed by atoms with Crippen LogP contribution in [0.1, 0.15) is 10.4 Å². The number of hydrogen-bond acceptors (Lipinski definition) is 7. The van der Waals surface area contributed by atoms with Crippen LogP contribution in [0.3, 0.4) is 0 Å². The number of amides is 1. The van der Waals surface area contributed by atoms with Crippen molar-refractivity contribution < 1.29 is 23.7 Å². The Morgan fingerprint density at radius 3 is 1.56 bits per heavy atom. The topological polar surface area (TPSA) is 109 Å². The van der Waals surface area contributed by atoms with Crippen molar-refractivity contribution in [2.75, 3.05) is 77.4 Å². The number of anilines is 2. The highest BCUT2D eigenvalue weighted by atomic mass is 16.6. The first-order chi connectivity index (χ1) is 12.2. The van der Waals surface area contributed by atoms with Gasteiger partial charge in [-0.25, -0.2) is 0 Å². The second kappa shape index (κ2) is 10.9. The lowest BCUT2D eigenvalue weighted by Crippen LogP contribution is -2.37. The lowest BCUT2D eigenvalue weighted by molar-refractivity contribution is 0.00206. The van der Waals surface area contributed by atoms with Gasteiger partial charge >= 0.3 is 0 Å². The molecule has 0 aliphatic carbocycles. The summed E-state index contributed by atoms with van der Waals surface area (Å²) < 4.78 is 21.8. The van der Waals surface area contributed by atoms with Crippen LogP contribution in [-0.4, -0.2) is 76.8 Å². The Labute approximate surface area is 147 Å². The van der Waals surface area contributed by atoms with Gasteiger partial charge in [-0.2, -0.15) is 0 Å². The van der Waals surface area contributed by atoms with E-state index in [1.165, 1.54) is 0 Å². The Bertz CT molecular complexity index is 505. The zero-order valence-corrected chi connectivity index (χ0v) is 14.4. The second-order valence-corrected chi connectivity index (χ2v) is 5.63. The third-order valence-electron chi connectivity index (χ3n) is 3.64. The molecule has 1 heterocycles. The predicted octanol–water partition coefficient (Wildman–Crippen LogP) is 0.373. The normalized spacial score (nSPS) is 19.0. The summed E-state index contributed by atoms with van der Waals surface area (Å²) in [7, 11) is 0. The van der Waals surface area contributed by atoms with Gasteiger partial charge in [0.1, 0.15) is 0 Å². The smallest absolute Gasteiger partial charge is 0.254 e. The molecule has 0 unspecified atom stereocenters. The molecule has 1 amide bonds. The minimum absolute atomic E-state index is 0.150. The van der Waals surface area contributed by atoms with Crippen molar-refractivity contribution in [1.29, 1.82) is 0 Å². The van der Waals surface area contributed by atoms with Crippen molar-refractivity contribution in [3.05, 3.63) is 23.8 Å². The van der Waals surface area contributed by atoms with Gasteiger partial charge in [0.2, 0.25) is 0 Å². The first-order valence-corrected chi connectivity index (χ1v) is 8.43. The van der Waals surface area contributed by atoms with E-state index in [4.69, 9.17) is 30.4 Å². The van der Waals surface area contributed by atoms with Gasteiger partial charge in [0.25, 0.3) is 5.91 Å². The molecule has 2 rings (SSSR count). The average Bonchev–Trinajstić information content (AvgIpc) is 2.59. The Hall–Kier alpha value is -1.87. The number of rotatable bonds is 1. The molecule has 1 aliphatic heterocycles. The summed E-state index contributed by atoms with van der Waals surface area (Å²) >= 11 is 0. The van der Waals surface area contributed by atoms with Crippen LogP contribution in [0, 0.1) is 0 Å².